The summed E-state index contributed by atoms with van der Waals surface area (Å²) >= 11 is 0. The summed E-state index contributed by atoms with van der Waals surface area (Å²) in [7, 11) is 1.84. The fraction of sp³-hybridized carbons (Fsp3) is 0.476. The van der Waals surface area contributed by atoms with Crippen molar-refractivity contribution in [1.82, 2.24) is 15.1 Å². The molecule has 1 aromatic carbocycles. The van der Waals surface area contributed by atoms with Gasteiger partial charge in [0.2, 0.25) is 0 Å². The molecule has 0 saturated carbocycles. The Labute approximate surface area is 160 Å². The lowest BCUT2D eigenvalue weighted by Gasteiger charge is -2.33. The predicted molar refractivity (Wildman–Crippen MR) is 103 cm³/mol. The van der Waals surface area contributed by atoms with E-state index in [0.717, 1.165) is 50.4 Å². The third-order valence-corrected chi connectivity index (χ3v) is 5.41. The number of piperidine rings is 1. The van der Waals surface area contributed by atoms with Gasteiger partial charge in [-0.05, 0) is 36.6 Å². The van der Waals surface area contributed by atoms with Gasteiger partial charge in [0, 0.05) is 32.6 Å². The maximum atomic E-state index is 12.5. The summed E-state index contributed by atoms with van der Waals surface area (Å²) in [5.74, 6) is 1.94. The van der Waals surface area contributed by atoms with E-state index in [9.17, 15) is 4.79 Å². The predicted octanol–water partition coefficient (Wildman–Crippen LogP) is 2.89. The Kier molecular flexibility index (Phi) is 5.34. The lowest BCUT2D eigenvalue weighted by Crippen LogP contribution is -2.49. The van der Waals surface area contributed by atoms with Crippen LogP contribution in [0.15, 0.2) is 47.1 Å². The Morgan fingerprint density at radius 3 is 2.78 bits per heavy atom. The zero-order valence-corrected chi connectivity index (χ0v) is 15.8. The van der Waals surface area contributed by atoms with Gasteiger partial charge in [-0.2, -0.15) is 0 Å². The standard InChI is InChI=1S/C21H27N3O3/c1-23(14-19-13-16-5-2-3-7-20(16)27-19)21(25)22-17-8-10-24(11-9-17)15-18-6-4-12-26-18/h2-7,12,17,19H,8-11,13-15H2,1H3,(H,22,25)/t19-/m0/s1. The number of likely N-dealkylation sites (tertiary alicyclic amines) is 1. The molecule has 2 aliphatic heterocycles. The van der Waals surface area contributed by atoms with E-state index in [1.807, 2.05) is 37.4 Å². The lowest BCUT2D eigenvalue weighted by atomic mass is 10.1. The number of likely N-dealkylation sites (N-methyl/N-ethyl adjacent to an activating group) is 1. The van der Waals surface area contributed by atoms with Crippen LogP contribution in [0.2, 0.25) is 0 Å². The largest absolute Gasteiger partial charge is 0.488 e. The number of benzene rings is 1. The van der Waals surface area contributed by atoms with Crippen molar-refractivity contribution in [3.05, 3.63) is 54.0 Å². The Hall–Kier alpha value is -2.47. The number of urea groups is 1. The van der Waals surface area contributed by atoms with E-state index in [1.54, 1.807) is 11.2 Å². The topological polar surface area (TPSA) is 58.0 Å². The second-order valence-electron chi connectivity index (χ2n) is 7.51. The molecule has 2 amide bonds. The van der Waals surface area contributed by atoms with Crippen LogP contribution in [0.25, 0.3) is 0 Å². The van der Waals surface area contributed by atoms with Crippen molar-refractivity contribution in [1.29, 1.82) is 0 Å². The first-order valence-corrected chi connectivity index (χ1v) is 9.68. The number of nitrogens with zero attached hydrogens (tertiary/aromatic N) is 2. The highest BCUT2D eigenvalue weighted by molar-refractivity contribution is 5.74. The first-order valence-electron chi connectivity index (χ1n) is 9.68. The van der Waals surface area contributed by atoms with Crippen LogP contribution in [0.5, 0.6) is 5.75 Å². The summed E-state index contributed by atoms with van der Waals surface area (Å²) < 4.78 is 11.4. The van der Waals surface area contributed by atoms with Gasteiger partial charge < -0.3 is 19.4 Å². The van der Waals surface area contributed by atoms with Crippen molar-refractivity contribution >= 4 is 6.03 Å². The van der Waals surface area contributed by atoms with Crippen LogP contribution in [-0.2, 0) is 13.0 Å². The molecule has 27 heavy (non-hydrogen) atoms. The smallest absolute Gasteiger partial charge is 0.317 e. The minimum absolute atomic E-state index is 0.0148. The maximum absolute atomic E-state index is 12.5. The van der Waals surface area contributed by atoms with Crippen molar-refractivity contribution in [3.8, 4) is 5.75 Å². The molecule has 6 heteroatoms. The van der Waals surface area contributed by atoms with Crippen LogP contribution in [-0.4, -0.2) is 54.7 Å². The SMILES string of the molecule is CN(C[C@@H]1Cc2ccccc2O1)C(=O)NC1CCN(Cc2ccco2)CC1. The van der Waals surface area contributed by atoms with E-state index in [-0.39, 0.29) is 18.2 Å². The van der Waals surface area contributed by atoms with Crippen molar-refractivity contribution in [2.75, 3.05) is 26.7 Å². The number of fused-ring (bicyclic) bond motifs is 1. The summed E-state index contributed by atoms with van der Waals surface area (Å²) in [6.07, 6.45) is 4.54. The molecule has 144 valence electrons. The fourth-order valence-corrected chi connectivity index (χ4v) is 3.89. The van der Waals surface area contributed by atoms with E-state index in [1.165, 1.54) is 5.56 Å². The van der Waals surface area contributed by atoms with E-state index in [0.29, 0.717) is 6.54 Å². The van der Waals surface area contributed by atoms with Crippen molar-refractivity contribution in [2.45, 2.75) is 38.0 Å². The molecule has 0 spiro atoms. The van der Waals surface area contributed by atoms with E-state index in [2.05, 4.69) is 16.3 Å². The van der Waals surface area contributed by atoms with Crippen LogP contribution >= 0.6 is 0 Å². The first-order chi connectivity index (χ1) is 13.2. The van der Waals surface area contributed by atoms with E-state index in [4.69, 9.17) is 9.15 Å². The van der Waals surface area contributed by atoms with Gasteiger partial charge in [0.15, 0.2) is 0 Å². The van der Waals surface area contributed by atoms with Gasteiger partial charge in [-0.15, -0.1) is 0 Å². The van der Waals surface area contributed by atoms with Gasteiger partial charge in [0.1, 0.15) is 17.6 Å². The number of carbonyl (C=O) groups is 1. The first kappa shape index (κ1) is 17.9. The minimum Gasteiger partial charge on any atom is -0.488 e. The molecule has 0 aliphatic carbocycles. The third-order valence-electron chi connectivity index (χ3n) is 5.41. The Morgan fingerprint density at radius 1 is 1.22 bits per heavy atom. The number of furan rings is 1. The normalized spacial score (nSPS) is 20.1. The van der Waals surface area contributed by atoms with E-state index < -0.39 is 0 Å². The molecule has 0 unspecified atom stereocenters. The van der Waals surface area contributed by atoms with E-state index >= 15 is 0 Å². The molecule has 2 aromatic rings. The summed E-state index contributed by atoms with van der Waals surface area (Å²) in [4.78, 5) is 16.7. The third kappa shape index (κ3) is 4.45. The molecule has 4 rings (SSSR count). The van der Waals surface area contributed by atoms with Crippen LogP contribution < -0.4 is 10.1 Å². The maximum Gasteiger partial charge on any atom is 0.317 e. The van der Waals surface area contributed by atoms with Crippen LogP contribution in [0.3, 0.4) is 0 Å². The van der Waals surface area contributed by atoms with Gasteiger partial charge in [-0.1, -0.05) is 18.2 Å². The highest BCUT2D eigenvalue weighted by Gasteiger charge is 2.27. The molecular formula is C21H27N3O3. The lowest BCUT2D eigenvalue weighted by molar-refractivity contribution is 0.150. The molecule has 1 saturated heterocycles. The number of amides is 2. The molecule has 1 N–H and O–H groups in total. The molecule has 6 nitrogen and oxygen atoms in total. The number of nitrogens with one attached hydrogen (secondary N) is 1. The Bertz CT molecular complexity index is 729. The number of para-hydroxylation sites is 1. The highest BCUT2D eigenvalue weighted by atomic mass is 16.5. The summed E-state index contributed by atoms with van der Waals surface area (Å²) in [5.41, 5.74) is 1.22. The molecule has 1 atom stereocenters. The van der Waals surface area contributed by atoms with Gasteiger partial charge in [0.25, 0.3) is 0 Å². The van der Waals surface area contributed by atoms with Crippen LogP contribution in [0.1, 0.15) is 24.2 Å². The van der Waals surface area contributed by atoms with Gasteiger partial charge >= 0.3 is 6.03 Å². The highest BCUT2D eigenvalue weighted by Crippen LogP contribution is 2.28. The molecular weight excluding hydrogens is 342 g/mol. The average Bonchev–Trinajstić information content (AvgIpc) is 3.32. The summed E-state index contributed by atoms with van der Waals surface area (Å²) in [5, 5.41) is 3.17. The zero-order valence-electron chi connectivity index (χ0n) is 15.8. The molecule has 3 heterocycles. The quantitative estimate of drug-likeness (QED) is 0.880. The monoisotopic (exact) mass is 369 g/mol. The zero-order chi connectivity index (χ0) is 18.6. The second-order valence-corrected chi connectivity index (χ2v) is 7.51. The van der Waals surface area contributed by atoms with Crippen molar-refractivity contribution in [2.24, 2.45) is 0 Å². The molecule has 0 bridgehead atoms. The fourth-order valence-electron chi connectivity index (χ4n) is 3.89. The summed E-state index contributed by atoms with van der Waals surface area (Å²) in [6, 6.07) is 12.2. The van der Waals surface area contributed by atoms with Crippen molar-refractivity contribution in [3.63, 3.8) is 0 Å². The molecule has 2 aliphatic rings. The van der Waals surface area contributed by atoms with Crippen LogP contribution in [0, 0.1) is 0 Å². The summed E-state index contributed by atoms with van der Waals surface area (Å²) in [6.45, 7) is 3.37. The number of ether oxygens (including phenoxy) is 1. The second kappa shape index (κ2) is 8.05. The van der Waals surface area contributed by atoms with Gasteiger partial charge in [-0.25, -0.2) is 4.79 Å². The molecule has 1 fully saturated rings. The average molecular weight is 369 g/mol. The molecule has 1 aromatic heterocycles. The number of carbonyl (C=O) groups excluding carboxylic acids is 1. The molecule has 0 radical (unpaired) electrons. The number of rotatable bonds is 5. The number of hydrogen-bond acceptors (Lipinski definition) is 4. The van der Waals surface area contributed by atoms with Gasteiger partial charge in [0.05, 0.1) is 19.4 Å². The van der Waals surface area contributed by atoms with Gasteiger partial charge in [-0.3, -0.25) is 4.90 Å². The van der Waals surface area contributed by atoms with Crippen LogP contribution in [0.4, 0.5) is 4.79 Å². The Morgan fingerprint density at radius 2 is 2.04 bits per heavy atom. The van der Waals surface area contributed by atoms with Crippen molar-refractivity contribution < 1.29 is 13.9 Å². The number of hydrogen-bond donors (Lipinski definition) is 1. The minimum atomic E-state index is -0.0148. The Balaban J connectivity index is 1.19.